The Morgan fingerprint density at radius 2 is 1.95 bits per heavy atom. The van der Waals surface area contributed by atoms with E-state index in [1.54, 1.807) is 7.11 Å². The van der Waals surface area contributed by atoms with Gasteiger partial charge in [-0.25, -0.2) is 0 Å². The molecule has 0 radical (unpaired) electrons. The zero-order valence-corrected chi connectivity index (χ0v) is 11.6. The van der Waals surface area contributed by atoms with Crippen LogP contribution in [0.1, 0.15) is 42.5 Å². The molecule has 0 aliphatic heterocycles. The van der Waals surface area contributed by atoms with Gasteiger partial charge in [0.05, 0.1) is 11.8 Å². The molecule has 102 valence electrons. The molecular formula is C14H19N3O2. The van der Waals surface area contributed by atoms with Gasteiger partial charge in [0.15, 0.2) is 0 Å². The summed E-state index contributed by atoms with van der Waals surface area (Å²) in [6, 6.07) is 2.16. The number of rotatable bonds is 3. The van der Waals surface area contributed by atoms with Gasteiger partial charge in [0.25, 0.3) is 5.88 Å². The average molecular weight is 261 g/mol. The van der Waals surface area contributed by atoms with Crippen LogP contribution in [-0.2, 0) is 4.74 Å². The number of methoxy groups -OCH3 is 1. The molecule has 1 aromatic rings. The van der Waals surface area contributed by atoms with E-state index in [1.807, 2.05) is 13.8 Å². The topological polar surface area (TPSA) is 68.0 Å². The van der Waals surface area contributed by atoms with Crippen LogP contribution in [0.5, 0.6) is 5.88 Å². The molecule has 1 heterocycles. The second-order valence-corrected chi connectivity index (χ2v) is 4.97. The summed E-state index contributed by atoms with van der Waals surface area (Å²) in [5.74, 6) is 0.354. The Kier molecular flexibility index (Phi) is 4.33. The van der Waals surface area contributed by atoms with Crippen LogP contribution >= 0.6 is 0 Å². The Morgan fingerprint density at radius 3 is 2.63 bits per heavy atom. The zero-order valence-electron chi connectivity index (χ0n) is 11.6. The smallest absolute Gasteiger partial charge is 0.252 e. The number of hydrogen-bond acceptors (Lipinski definition) is 5. The van der Waals surface area contributed by atoms with Crippen molar-refractivity contribution < 1.29 is 9.47 Å². The number of aryl methyl sites for hydroxylation is 1. The molecular weight excluding hydrogens is 242 g/mol. The van der Waals surface area contributed by atoms with Crippen LogP contribution < -0.4 is 4.74 Å². The van der Waals surface area contributed by atoms with Crippen molar-refractivity contribution in [1.29, 1.82) is 5.26 Å². The molecule has 0 spiro atoms. The van der Waals surface area contributed by atoms with Crippen LogP contribution in [0, 0.1) is 25.2 Å². The van der Waals surface area contributed by atoms with Gasteiger partial charge in [-0.15, -0.1) is 5.10 Å². The minimum Gasteiger partial charge on any atom is -0.472 e. The fraction of sp³-hybridized carbons (Fsp3) is 0.643. The lowest BCUT2D eigenvalue weighted by Gasteiger charge is -2.28. The molecule has 0 aromatic carbocycles. The number of nitriles is 1. The van der Waals surface area contributed by atoms with E-state index in [0.717, 1.165) is 36.9 Å². The van der Waals surface area contributed by atoms with E-state index >= 15 is 0 Å². The standard InChI is InChI=1S/C14H19N3O2/c1-9-10(2)16-17-14(13(9)8-15)19-12-6-4-5-11(7-12)18-3/h11-12H,4-7H2,1-3H3. The van der Waals surface area contributed by atoms with E-state index in [2.05, 4.69) is 16.3 Å². The predicted octanol–water partition coefficient (Wildman–Crippen LogP) is 2.30. The van der Waals surface area contributed by atoms with Gasteiger partial charge in [-0.3, -0.25) is 0 Å². The van der Waals surface area contributed by atoms with Crippen LogP contribution in [0.25, 0.3) is 0 Å². The maximum atomic E-state index is 9.23. The highest BCUT2D eigenvalue weighted by molar-refractivity contribution is 5.44. The van der Waals surface area contributed by atoms with Crippen molar-refractivity contribution in [2.75, 3.05) is 7.11 Å². The third-order valence-corrected chi connectivity index (χ3v) is 3.72. The lowest BCUT2D eigenvalue weighted by Crippen LogP contribution is -2.30. The van der Waals surface area contributed by atoms with Crippen molar-refractivity contribution in [3.8, 4) is 11.9 Å². The van der Waals surface area contributed by atoms with Crippen LogP contribution in [0.3, 0.4) is 0 Å². The first-order chi connectivity index (χ1) is 9.15. The molecule has 0 bridgehead atoms. The molecule has 5 heteroatoms. The van der Waals surface area contributed by atoms with Gasteiger partial charge in [-0.2, -0.15) is 10.4 Å². The highest BCUT2D eigenvalue weighted by Crippen LogP contribution is 2.27. The molecule has 1 aromatic heterocycles. The van der Waals surface area contributed by atoms with E-state index in [-0.39, 0.29) is 12.2 Å². The van der Waals surface area contributed by atoms with Crippen molar-refractivity contribution in [2.24, 2.45) is 0 Å². The Balaban J connectivity index is 2.15. The maximum Gasteiger partial charge on any atom is 0.252 e. The summed E-state index contributed by atoms with van der Waals surface area (Å²) in [6.07, 6.45) is 4.25. The fourth-order valence-electron chi connectivity index (χ4n) is 2.38. The number of hydrogen-bond donors (Lipinski definition) is 0. The molecule has 0 saturated heterocycles. The minimum absolute atomic E-state index is 0.0576. The zero-order chi connectivity index (χ0) is 13.8. The highest BCUT2D eigenvalue weighted by atomic mass is 16.5. The van der Waals surface area contributed by atoms with E-state index in [0.29, 0.717) is 11.4 Å². The van der Waals surface area contributed by atoms with E-state index in [1.165, 1.54) is 0 Å². The van der Waals surface area contributed by atoms with E-state index in [4.69, 9.17) is 9.47 Å². The SMILES string of the molecule is COC1CCCC(Oc2nnc(C)c(C)c2C#N)C1. The molecule has 1 fully saturated rings. The van der Waals surface area contributed by atoms with Gasteiger partial charge in [0.1, 0.15) is 17.7 Å². The molecule has 19 heavy (non-hydrogen) atoms. The molecule has 0 amide bonds. The third kappa shape index (κ3) is 3.02. The third-order valence-electron chi connectivity index (χ3n) is 3.72. The summed E-state index contributed by atoms with van der Waals surface area (Å²) in [7, 11) is 1.73. The van der Waals surface area contributed by atoms with E-state index < -0.39 is 0 Å². The molecule has 0 N–H and O–H groups in total. The highest BCUT2D eigenvalue weighted by Gasteiger charge is 2.25. The van der Waals surface area contributed by atoms with E-state index in [9.17, 15) is 5.26 Å². The lowest BCUT2D eigenvalue weighted by molar-refractivity contribution is 0.0190. The summed E-state index contributed by atoms with van der Waals surface area (Å²) >= 11 is 0. The first-order valence-electron chi connectivity index (χ1n) is 6.59. The fourth-order valence-corrected chi connectivity index (χ4v) is 2.38. The van der Waals surface area contributed by atoms with Crippen molar-refractivity contribution in [3.63, 3.8) is 0 Å². The molecule has 1 saturated carbocycles. The van der Waals surface area contributed by atoms with Gasteiger partial charge >= 0.3 is 0 Å². The summed E-state index contributed by atoms with van der Waals surface area (Å²) in [5.41, 5.74) is 2.10. The maximum absolute atomic E-state index is 9.23. The van der Waals surface area contributed by atoms with Gasteiger partial charge in [-0.1, -0.05) is 0 Å². The Morgan fingerprint density at radius 1 is 1.21 bits per heavy atom. The largest absolute Gasteiger partial charge is 0.472 e. The van der Waals surface area contributed by atoms with Crippen molar-refractivity contribution in [3.05, 3.63) is 16.8 Å². The summed E-state index contributed by atoms with van der Waals surface area (Å²) in [5, 5.41) is 17.3. The second-order valence-electron chi connectivity index (χ2n) is 4.97. The number of ether oxygens (including phenoxy) is 2. The lowest BCUT2D eigenvalue weighted by atomic mass is 9.95. The van der Waals surface area contributed by atoms with Crippen molar-refractivity contribution in [2.45, 2.75) is 51.7 Å². The Labute approximate surface area is 113 Å². The monoisotopic (exact) mass is 261 g/mol. The van der Waals surface area contributed by atoms with Crippen molar-refractivity contribution >= 4 is 0 Å². The molecule has 1 aliphatic rings. The molecule has 2 rings (SSSR count). The van der Waals surface area contributed by atoms with Crippen LogP contribution in [0.2, 0.25) is 0 Å². The molecule has 1 aliphatic carbocycles. The van der Waals surface area contributed by atoms with Crippen LogP contribution in [0.4, 0.5) is 0 Å². The second kappa shape index (κ2) is 5.98. The quantitative estimate of drug-likeness (QED) is 0.835. The van der Waals surface area contributed by atoms with Gasteiger partial charge < -0.3 is 9.47 Å². The predicted molar refractivity (Wildman–Crippen MR) is 69.9 cm³/mol. The molecule has 5 nitrogen and oxygen atoms in total. The Hall–Kier alpha value is -1.67. The molecule has 2 unspecified atom stereocenters. The minimum atomic E-state index is 0.0576. The summed E-state index contributed by atoms with van der Waals surface area (Å²) < 4.78 is 11.2. The summed E-state index contributed by atoms with van der Waals surface area (Å²) in [4.78, 5) is 0. The first-order valence-corrected chi connectivity index (χ1v) is 6.59. The average Bonchev–Trinajstić information content (AvgIpc) is 2.43. The first kappa shape index (κ1) is 13.8. The molecule has 2 atom stereocenters. The van der Waals surface area contributed by atoms with Crippen LogP contribution in [-0.4, -0.2) is 29.5 Å². The van der Waals surface area contributed by atoms with Gasteiger partial charge in [0, 0.05) is 13.5 Å². The Bertz CT molecular complexity index is 496. The summed E-state index contributed by atoms with van der Waals surface area (Å²) in [6.45, 7) is 3.71. The van der Waals surface area contributed by atoms with Crippen molar-refractivity contribution in [1.82, 2.24) is 10.2 Å². The van der Waals surface area contributed by atoms with Crippen LogP contribution in [0.15, 0.2) is 0 Å². The number of aromatic nitrogens is 2. The normalized spacial score (nSPS) is 22.8. The van der Waals surface area contributed by atoms with Gasteiger partial charge in [-0.05, 0) is 38.7 Å². The van der Waals surface area contributed by atoms with Gasteiger partial charge in [0.2, 0.25) is 0 Å². The number of nitrogens with zero attached hydrogens (tertiary/aromatic N) is 3.